The van der Waals surface area contributed by atoms with E-state index in [0.717, 1.165) is 5.52 Å². The van der Waals surface area contributed by atoms with Gasteiger partial charge >= 0.3 is 6.09 Å². The number of rotatable bonds is 5. The molecule has 0 N–H and O–H groups in total. The lowest BCUT2D eigenvalue weighted by atomic mass is 10.0. The van der Waals surface area contributed by atoms with Gasteiger partial charge in [-0.2, -0.15) is 0 Å². The molecule has 4 rings (SSSR count). The van der Waals surface area contributed by atoms with E-state index >= 15 is 0 Å². The first-order chi connectivity index (χ1) is 15.9. The summed E-state index contributed by atoms with van der Waals surface area (Å²) < 4.78 is 12.0. The molecule has 8 nitrogen and oxygen atoms in total. The Kier molecular flexibility index (Phi) is 6.55. The molecule has 2 amide bonds. The topological polar surface area (TPSA) is 80.6 Å². The van der Waals surface area contributed by atoms with Gasteiger partial charge in [0.2, 0.25) is 0 Å². The maximum absolute atomic E-state index is 13.5. The van der Waals surface area contributed by atoms with Crippen LogP contribution in [0.25, 0.3) is 16.6 Å². The highest BCUT2D eigenvalue weighted by atomic mass is 35.5. The van der Waals surface area contributed by atoms with Crippen LogP contribution in [0.4, 0.5) is 4.79 Å². The third kappa shape index (κ3) is 4.39. The summed E-state index contributed by atoms with van der Waals surface area (Å²) in [5.41, 5.74) is 2.36. The van der Waals surface area contributed by atoms with Gasteiger partial charge in [-0.15, -0.1) is 0 Å². The van der Waals surface area contributed by atoms with Crippen LogP contribution in [0.15, 0.2) is 48.7 Å². The lowest BCUT2D eigenvalue weighted by molar-refractivity contribution is -0.128. The first kappa shape index (κ1) is 22.7. The van der Waals surface area contributed by atoms with E-state index in [9.17, 15) is 14.4 Å². The number of Topliss-reactive ketones (excluding diaryl/α,β-unsaturated/α-hetero) is 1. The van der Waals surface area contributed by atoms with E-state index in [1.807, 2.05) is 18.2 Å². The fourth-order valence-corrected chi connectivity index (χ4v) is 4.22. The Labute approximate surface area is 196 Å². The summed E-state index contributed by atoms with van der Waals surface area (Å²) in [6, 6.07) is 12.6. The van der Waals surface area contributed by atoms with Gasteiger partial charge < -0.3 is 23.7 Å². The Morgan fingerprint density at radius 3 is 2.39 bits per heavy atom. The van der Waals surface area contributed by atoms with Crippen LogP contribution in [0.3, 0.4) is 0 Å². The van der Waals surface area contributed by atoms with Gasteiger partial charge in [-0.3, -0.25) is 9.59 Å². The maximum Gasteiger partial charge on any atom is 0.409 e. The first-order valence-corrected chi connectivity index (χ1v) is 11.0. The van der Waals surface area contributed by atoms with Crippen molar-refractivity contribution in [2.45, 2.75) is 6.92 Å². The van der Waals surface area contributed by atoms with E-state index in [1.54, 1.807) is 41.8 Å². The molecule has 0 saturated carbocycles. The number of ketones is 1. The molecule has 0 atom stereocenters. The average molecular weight is 470 g/mol. The van der Waals surface area contributed by atoms with Crippen LogP contribution in [0.5, 0.6) is 5.75 Å². The van der Waals surface area contributed by atoms with Gasteiger partial charge in [-0.1, -0.05) is 23.7 Å². The fourth-order valence-electron chi connectivity index (χ4n) is 3.96. The van der Waals surface area contributed by atoms with E-state index in [0.29, 0.717) is 35.0 Å². The van der Waals surface area contributed by atoms with Crippen LogP contribution in [-0.4, -0.2) is 71.9 Å². The number of hydrogen-bond acceptors (Lipinski definition) is 5. The number of amides is 2. The first-order valence-electron chi connectivity index (χ1n) is 10.6. The number of methoxy groups -OCH3 is 1. The number of nitrogens with zero attached hydrogens (tertiary/aromatic N) is 3. The smallest absolute Gasteiger partial charge is 0.409 e. The van der Waals surface area contributed by atoms with Crippen LogP contribution in [0.1, 0.15) is 17.4 Å². The van der Waals surface area contributed by atoms with E-state index in [-0.39, 0.29) is 25.4 Å². The Hall–Kier alpha value is -3.52. The van der Waals surface area contributed by atoms with Crippen LogP contribution < -0.4 is 4.74 Å². The molecule has 172 valence electrons. The van der Waals surface area contributed by atoms with Gasteiger partial charge in [-0.05, 0) is 42.8 Å². The summed E-state index contributed by atoms with van der Waals surface area (Å²) in [5, 5.41) is 0.407. The van der Waals surface area contributed by atoms with Gasteiger partial charge in [0.15, 0.2) is 0 Å². The molecule has 2 aromatic heterocycles. The second-order valence-corrected chi connectivity index (χ2v) is 7.97. The Morgan fingerprint density at radius 1 is 1.00 bits per heavy atom. The molecule has 0 spiro atoms. The Morgan fingerprint density at radius 2 is 1.73 bits per heavy atom. The van der Waals surface area contributed by atoms with E-state index in [1.165, 1.54) is 16.9 Å². The molecule has 0 bridgehead atoms. The van der Waals surface area contributed by atoms with Crippen molar-refractivity contribution < 1.29 is 23.9 Å². The normalized spacial score (nSPS) is 13.8. The molecule has 1 aliphatic rings. The predicted octanol–water partition coefficient (Wildman–Crippen LogP) is 3.75. The number of halogens is 1. The zero-order valence-corrected chi connectivity index (χ0v) is 19.2. The number of hydrogen-bond donors (Lipinski definition) is 0. The highest BCUT2D eigenvalue weighted by Crippen LogP contribution is 2.34. The van der Waals surface area contributed by atoms with E-state index in [4.69, 9.17) is 21.1 Å². The monoisotopic (exact) mass is 469 g/mol. The second kappa shape index (κ2) is 9.54. The zero-order chi connectivity index (χ0) is 23.5. The van der Waals surface area contributed by atoms with Crippen molar-refractivity contribution in [1.29, 1.82) is 0 Å². The molecule has 0 radical (unpaired) electrons. The molecule has 1 fully saturated rings. The van der Waals surface area contributed by atoms with Crippen molar-refractivity contribution in [3.63, 3.8) is 0 Å². The zero-order valence-electron chi connectivity index (χ0n) is 18.4. The molecule has 1 aromatic carbocycles. The van der Waals surface area contributed by atoms with Crippen molar-refractivity contribution in [2.24, 2.45) is 0 Å². The molecule has 0 aliphatic carbocycles. The molecule has 3 aromatic rings. The van der Waals surface area contributed by atoms with Crippen molar-refractivity contribution >= 4 is 34.9 Å². The molecule has 3 heterocycles. The Balaban J connectivity index is 1.64. The summed E-state index contributed by atoms with van der Waals surface area (Å²) in [5.74, 6) is -0.705. The maximum atomic E-state index is 13.5. The summed E-state index contributed by atoms with van der Waals surface area (Å²) >= 11 is 6.32. The minimum Gasteiger partial charge on any atom is -0.495 e. The summed E-state index contributed by atoms with van der Waals surface area (Å²) in [7, 11) is 1.53. The number of pyridine rings is 1. The van der Waals surface area contributed by atoms with Crippen LogP contribution in [0.2, 0.25) is 5.02 Å². The van der Waals surface area contributed by atoms with Gasteiger partial charge in [0.25, 0.3) is 11.7 Å². The van der Waals surface area contributed by atoms with Crippen LogP contribution in [0, 0.1) is 0 Å². The highest BCUT2D eigenvalue weighted by molar-refractivity contribution is 6.43. The third-order valence-electron chi connectivity index (χ3n) is 5.64. The highest BCUT2D eigenvalue weighted by Gasteiger charge is 2.32. The molecular formula is C24H24ClN3O5. The molecule has 1 aliphatic heterocycles. The largest absolute Gasteiger partial charge is 0.495 e. The third-order valence-corrected chi connectivity index (χ3v) is 5.94. The summed E-state index contributed by atoms with van der Waals surface area (Å²) in [4.78, 5) is 41.6. The van der Waals surface area contributed by atoms with Crippen LogP contribution in [-0.2, 0) is 9.53 Å². The Bertz CT molecular complexity index is 1210. The SMILES string of the molecule is CCOC(=O)N1CCN(C(=O)C(=O)c2c(-c3ccc(OC)c(Cl)c3)cc3ccccn23)CC1. The molecule has 0 unspecified atom stereocenters. The quantitative estimate of drug-likeness (QED) is 0.420. The number of ether oxygens (including phenoxy) is 2. The number of piperazine rings is 1. The summed E-state index contributed by atoms with van der Waals surface area (Å²) in [6.07, 6.45) is 1.34. The van der Waals surface area contributed by atoms with Gasteiger partial charge in [0.05, 0.1) is 18.7 Å². The second-order valence-electron chi connectivity index (χ2n) is 7.56. The number of carbonyl (C=O) groups excluding carboxylic acids is 3. The van der Waals surface area contributed by atoms with Crippen molar-refractivity contribution in [3.05, 3.63) is 59.4 Å². The van der Waals surface area contributed by atoms with E-state index in [2.05, 4.69) is 0 Å². The number of aromatic nitrogens is 1. The predicted molar refractivity (Wildman–Crippen MR) is 124 cm³/mol. The van der Waals surface area contributed by atoms with Crippen LogP contribution >= 0.6 is 11.6 Å². The summed E-state index contributed by atoms with van der Waals surface area (Å²) in [6.45, 7) is 3.18. The lowest BCUT2D eigenvalue weighted by Crippen LogP contribution is -2.52. The van der Waals surface area contributed by atoms with E-state index < -0.39 is 17.8 Å². The van der Waals surface area contributed by atoms with Crippen molar-refractivity contribution in [1.82, 2.24) is 14.2 Å². The van der Waals surface area contributed by atoms with Crippen molar-refractivity contribution in [3.8, 4) is 16.9 Å². The number of benzene rings is 1. The van der Waals surface area contributed by atoms with Crippen molar-refractivity contribution in [2.75, 3.05) is 39.9 Å². The number of carbonyl (C=O) groups is 3. The van der Waals surface area contributed by atoms with Gasteiger partial charge in [0, 0.05) is 43.5 Å². The molecular weight excluding hydrogens is 446 g/mol. The molecule has 9 heteroatoms. The molecule has 33 heavy (non-hydrogen) atoms. The van der Waals surface area contributed by atoms with Gasteiger partial charge in [-0.25, -0.2) is 4.79 Å². The number of fused-ring (bicyclic) bond motifs is 1. The average Bonchev–Trinajstić information content (AvgIpc) is 3.23. The lowest BCUT2D eigenvalue weighted by Gasteiger charge is -2.33. The minimum atomic E-state index is -0.618. The standard InChI is InChI=1S/C24H24ClN3O5/c1-3-33-24(31)27-12-10-26(11-13-27)23(30)22(29)21-18(15-17-6-4-5-9-28(17)21)16-7-8-20(32-2)19(25)14-16/h4-9,14-15H,3,10-13H2,1-2H3. The van der Waals surface area contributed by atoms with Gasteiger partial charge in [0.1, 0.15) is 11.4 Å². The minimum absolute atomic E-state index is 0.260. The molecule has 1 saturated heterocycles. The fraction of sp³-hybridized carbons (Fsp3) is 0.292.